The lowest BCUT2D eigenvalue weighted by Gasteiger charge is -2.17. The lowest BCUT2D eigenvalue weighted by molar-refractivity contribution is -0.122. The minimum absolute atomic E-state index is 0.237. The Morgan fingerprint density at radius 1 is 1.15 bits per heavy atom. The van der Waals surface area contributed by atoms with Gasteiger partial charge in [0.2, 0.25) is 0 Å². The van der Waals surface area contributed by atoms with E-state index in [0.29, 0.717) is 30.3 Å². The van der Waals surface area contributed by atoms with Gasteiger partial charge in [0.1, 0.15) is 18.1 Å². The van der Waals surface area contributed by atoms with Gasteiger partial charge < -0.3 is 19.4 Å². The molecular formula is C20H21N3O3. The molecule has 2 aromatic carbocycles. The Morgan fingerprint density at radius 3 is 2.69 bits per heavy atom. The number of para-hydroxylation sites is 3. The third-order valence-electron chi connectivity index (χ3n) is 3.74. The number of nitrogens with zero attached hydrogens (tertiary/aromatic N) is 2. The molecule has 0 bridgehead atoms. The number of hydrogen-bond acceptors (Lipinski definition) is 4. The maximum atomic E-state index is 12.4. The highest BCUT2D eigenvalue weighted by Gasteiger charge is 2.16. The van der Waals surface area contributed by atoms with Crippen LogP contribution < -0.4 is 14.8 Å². The molecule has 0 aliphatic heterocycles. The Balaban J connectivity index is 1.57. The van der Waals surface area contributed by atoms with E-state index in [1.807, 2.05) is 59.3 Å². The normalized spacial score (nSPS) is 11.6. The summed E-state index contributed by atoms with van der Waals surface area (Å²) in [6, 6.07) is 16.6. The second kappa shape index (κ2) is 8.71. The van der Waals surface area contributed by atoms with Crippen molar-refractivity contribution in [3.8, 4) is 11.5 Å². The molecule has 6 heteroatoms. The molecule has 134 valence electrons. The van der Waals surface area contributed by atoms with Gasteiger partial charge in [0, 0.05) is 12.4 Å². The topological polar surface area (TPSA) is 65.4 Å². The molecule has 0 aliphatic rings. The highest BCUT2D eigenvalue weighted by Crippen LogP contribution is 2.24. The van der Waals surface area contributed by atoms with Crippen LogP contribution in [0.5, 0.6) is 11.5 Å². The molecule has 1 N–H and O–H groups in total. The predicted molar refractivity (Wildman–Crippen MR) is 99.3 cm³/mol. The summed E-state index contributed by atoms with van der Waals surface area (Å²) < 4.78 is 13.4. The zero-order valence-corrected chi connectivity index (χ0v) is 14.5. The van der Waals surface area contributed by atoms with Crippen molar-refractivity contribution < 1.29 is 14.3 Å². The fourth-order valence-corrected chi connectivity index (χ4v) is 2.37. The van der Waals surface area contributed by atoms with Crippen molar-refractivity contribution >= 4 is 11.6 Å². The SMILES string of the molecule is CC(Oc1ccccc1)C(=O)Nc1ccccc1OCCn1ccnc1. The number of ether oxygens (including phenoxy) is 2. The number of hydrogen-bond donors (Lipinski definition) is 1. The van der Waals surface area contributed by atoms with Crippen molar-refractivity contribution in [2.45, 2.75) is 19.6 Å². The van der Waals surface area contributed by atoms with Gasteiger partial charge in [0.15, 0.2) is 6.10 Å². The zero-order valence-electron chi connectivity index (χ0n) is 14.5. The predicted octanol–water partition coefficient (Wildman–Crippen LogP) is 3.37. The van der Waals surface area contributed by atoms with Gasteiger partial charge in [-0.1, -0.05) is 30.3 Å². The van der Waals surface area contributed by atoms with Crippen LogP contribution in [0.15, 0.2) is 73.3 Å². The molecule has 1 unspecified atom stereocenters. The maximum Gasteiger partial charge on any atom is 0.265 e. The summed E-state index contributed by atoms with van der Waals surface area (Å²) in [7, 11) is 0. The third-order valence-corrected chi connectivity index (χ3v) is 3.74. The van der Waals surface area contributed by atoms with E-state index in [1.165, 1.54) is 0 Å². The van der Waals surface area contributed by atoms with E-state index in [-0.39, 0.29) is 5.91 Å². The van der Waals surface area contributed by atoms with Crippen LogP contribution in [0, 0.1) is 0 Å². The molecule has 1 heterocycles. The summed E-state index contributed by atoms with van der Waals surface area (Å²) in [6.45, 7) is 2.86. The van der Waals surface area contributed by atoms with Crippen LogP contribution in [0.2, 0.25) is 0 Å². The molecule has 1 atom stereocenters. The van der Waals surface area contributed by atoms with Crippen LogP contribution in [0.25, 0.3) is 0 Å². The summed E-state index contributed by atoms with van der Waals surface area (Å²) in [5.41, 5.74) is 0.617. The summed E-state index contributed by atoms with van der Waals surface area (Å²) in [5, 5.41) is 2.87. The van der Waals surface area contributed by atoms with Crippen LogP contribution in [-0.4, -0.2) is 28.2 Å². The fraction of sp³-hybridized carbons (Fsp3) is 0.200. The number of aromatic nitrogens is 2. The van der Waals surface area contributed by atoms with Crippen LogP contribution >= 0.6 is 0 Å². The van der Waals surface area contributed by atoms with Gasteiger partial charge in [-0.2, -0.15) is 0 Å². The number of amides is 1. The summed E-state index contributed by atoms with van der Waals surface area (Å²) in [5.74, 6) is 1.03. The van der Waals surface area contributed by atoms with Crippen molar-refractivity contribution in [1.82, 2.24) is 9.55 Å². The Hall–Kier alpha value is -3.28. The number of carbonyl (C=O) groups is 1. The average molecular weight is 351 g/mol. The van der Waals surface area contributed by atoms with E-state index in [9.17, 15) is 4.79 Å². The van der Waals surface area contributed by atoms with E-state index in [0.717, 1.165) is 0 Å². The minimum atomic E-state index is -0.628. The van der Waals surface area contributed by atoms with Gasteiger partial charge >= 0.3 is 0 Å². The molecule has 1 amide bonds. The van der Waals surface area contributed by atoms with E-state index in [1.54, 1.807) is 25.5 Å². The van der Waals surface area contributed by atoms with Crippen molar-refractivity contribution in [2.75, 3.05) is 11.9 Å². The maximum absolute atomic E-state index is 12.4. The summed E-state index contributed by atoms with van der Waals surface area (Å²) >= 11 is 0. The molecule has 1 aromatic heterocycles. The second-order valence-electron chi connectivity index (χ2n) is 5.71. The quantitative estimate of drug-likeness (QED) is 0.676. The van der Waals surface area contributed by atoms with Gasteiger partial charge in [0.25, 0.3) is 5.91 Å². The molecule has 0 fully saturated rings. The van der Waals surface area contributed by atoms with Crippen molar-refractivity contribution in [1.29, 1.82) is 0 Å². The van der Waals surface area contributed by atoms with Crippen molar-refractivity contribution in [3.63, 3.8) is 0 Å². The van der Waals surface area contributed by atoms with Crippen LogP contribution in [0.3, 0.4) is 0 Å². The molecule has 0 spiro atoms. The highest BCUT2D eigenvalue weighted by molar-refractivity contribution is 5.95. The number of anilines is 1. The van der Waals surface area contributed by atoms with E-state index >= 15 is 0 Å². The molecule has 26 heavy (non-hydrogen) atoms. The van der Waals surface area contributed by atoms with Gasteiger partial charge in [-0.25, -0.2) is 4.98 Å². The summed E-state index contributed by atoms with van der Waals surface area (Å²) in [4.78, 5) is 16.4. The summed E-state index contributed by atoms with van der Waals surface area (Å²) in [6.07, 6.45) is 4.71. The number of imidazole rings is 1. The molecule has 0 radical (unpaired) electrons. The van der Waals surface area contributed by atoms with Crippen LogP contribution in [-0.2, 0) is 11.3 Å². The van der Waals surface area contributed by atoms with Gasteiger partial charge in [-0.3, -0.25) is 4.79 Å². The van der Waals surface area contributed by atoms with Crippen LogP contribution in [0.1, 0.15) is 6.92 Å². The van der Waals surface area contributed by atoms with Crippen molar-refractivity contribution in [2.24, 2.45) is 0 Å². The lowest BCUT2D eigenvalue weighted by atomic mass is 10.2. The van der Waals surface area contributed by atoms with Gasteiger partial charge in [-0.15, -0.1) is 0 Å². The molecule has 0 saturated carbocycles. The first-order valence-electron chi connectivity index (χ1n) is 8.42. The van der Waals surface area contributed by atoms with Gasteiger partial charge in [-0.05, 0) is 31.2 Å². The number of carbonyl (C=O) groups excluding carboxylic acids is 1. The Morgan fingerprint density at radius 2 is 1.92 bits per heavy atom. The average Bonchev–Trinajstić information content (AvgIpc) is 3.17. The molecule has 3 rings (SSSR count). The minimum Gasteiger partial charge on any atom is -0.490 e. The Labute approximate surface area is 152 Å². The lowest BCUT2D eigenvalue weighted by Crippen LogP contribution is -2.30. The Kier molecular flexibility index (Phi) is 5.88. The third kappa shape index (κ3) is 4.86. The monoisotopic (exact) mass is 351 g/mol. The zero-order chi connectivity index (χ0) is 18.2. The Bertz CT molecular complexity index is 819. The first-order chi connectivity index (χ1) is 12.7. The highest BCUT2D eigenvalue weighted by atomic mass is 16.5. The molecule has 0 saturated heterocycles. The second-order valence-corrected chi connectivity index (χ2v) is 5.71. The number of rotatable bonds is 8. The van der Waals surface area contributed by atoms with E-state index in [4.69, 9.17) is 9.47 Å². The fourth-order valence-electron chi connectivity index (χ4n) is 2.37. The first-order valence-corrected chi connectivity index (χ1v) is 8.42. The standard InChI is InChI=1S/C20H21N3O3/c1-16(26-17-7-3-2-4-8-17)20(24)22-18-9-5-6-10-19(18)25-14-13-23-12-11-21-15-23/h2-12,15-16H,13-14H2,1H3,(H,22,24). The number of nitrogens with one attached hydrogen (secondary N) is 1. The first kappa shape index (κ1) is 17.5. The van der Waals surface area contributed by atoms with Crippen molar-refractivity contribution in [3.05, 3.63) is 73.3 Å². The van der Waals surface area contributed by atoms with E-state index in [2.05, 4.69) is 10.3 Å². The smallest absolute Gasteiger partial charge is 0.265 e. The molecule has 0 aliphatic carbocycles. The van der Waals surface area contributed by atoms with Gasteiger partial charge in [0.05, 0.1) is 18.6 Å². The number of benzene rings is 2. The van der Waals surface area contributed by atoms with Crippen LogP contribution in [0.4, 0.5) is 5.69 Å². The molecule has 3 aromatic rings. The molecule has 6 nitrogen and oxygen atoms in total. The molecular weight excluding hydrogens is 330 g/mol. The largest absolute Gasteiger partial charge is 0.490 e. The van der Waals surface area contributed by atoms with E-state index < -0.39 is 6.10 Å².